The number of halogens is 1. The van der Waals surface area contributed by atoms with Crippen LogP contribution >= 0.6 is 11.6 Å². The maximum atomic E-state index is 12.7. The summed E-state index contributed by atoms with van der Waals surface area (Å²) in [6, 6.07) is 19.0. The second-order valence-corrected chi connectivity index (χ2v) is 6.83. The summed E-state index contributed by atoms with van der Waals surface area (Å²) in [7, 11) is 0. The minimum Gasteiger partial charge on any atom is -0.467 e. The molecule has 0 saturated heterocycles. The van der Waals surface area contributed by atoms with E-state index in [1.807, 2.05) is 37.3 Å². The summed E-state index contributed by atoms with van der Waals surface area (Å²) in [5.41, 5.74) is 1.21. The Morgan fingerprint density at radius 2 is 1.68 bits per heavy atom. The van der Waals surface area contributed by atoms with E-state index in [1.165, 1.54) is 0 Å². The predicted octanol–water partition coefficient (Wildman–Crippen LogP) is 4.67. The number of amides is 2. The first-order valence-corrected chi connectivity index (χ1v) is 9.35. The number of carbonyl (C=O) groups excluding carboxylic acids is 2. The average Bonchev–Trinajstić information content (AvgIpc) is 3.23. The summed E-state index contributed by atoms with van der Waals surface area (Å²) in [6.45, 7) is 1.84. The van der Waals surface area contributed by atoms with Gasteiger partial charge in [0.2, 0.25) is 5.91 Å². The number of rotatable bonds is 7. The zero-order valence-electron chi connectivity index (χ0n) is 15.4. The van der Waals surface area contributed by atoms with Crippen LogP contribution in [0.1, 0.15) is 47.1 Å². The summed E-state index contributed by atoms with van der Waals surface area (Å²) < 4.78 is 5.32. The molecule has 144 valence electrons. The SMILES string of the molecule is CC(NC(=O)CC(NC(=O)c1ccccc1Cl)c1ccccc1)c1ccco1. The lowest BCUT2D eigenvalue weighted by molar-refractivity contribution is -0.122. The summed E-state index contributed by atoms with van der Waals surface area (Å²) in [5.74, 6) is 0.147. The minimum atomic E-state index is -0.492. The van der Waals surface area contributed by atoms with Crippen LogP contribution < -0.4 is 10.6 Å². The first-order chi connectivity index (χ1) is 13.5. The van der Waals surface area contributed by atoms with Crippen LogP contribution in [0.15, 0.2) is 77.4 Å². The van der Waals surface area contributed by atoms with E-state index in [2.05, 4.69) is 10.6 Å². The Hall–Kier alpha value is -3.05. The highest BCUT2D eigenvalue weighted by atomic mass is 35.5. The van der Waals surface area contributed by atoms with Crippen molar-refractivity contribution in [1.82, 2.24) is 10.6 Å². The molecular weight excluding hydrogens is 376 g/mol. The summed E-state index contributed by atoms with van der Waals surface area (Å²) in [5, 5.41) is 6.18. The van der Waals surface area contributed by atoms with Crippen LogP contribution in [-0.4, -0.2) is 11.8 Å². The smallest absolute Gasteiger partial charge is 0.253 e. The van der Waals surface area contributed by atoms with Crippen molar-refractivity contribution in [3.05, 3.63) is 94.9 Å². The van der Waals surface area contributed by atoms with E-state index in [0.717, 1.165) is 5.56 Å². The third-order valence-corrected chi connectivity index (χ3v) is 4.69. The second kappa shape index (κ2) is 9.24. The molecular formula is C22H21ClN2O3. The number of hydrogen-bond donors (Lipinski definition) is 2. The highest BCUT2D eigenvalue weighted by Crippen LogP contribution is 2.21. The van der Waals surface area contributed by atoms with E-state index < -0.39 is 6.04 Å². The van der Waals surface area contributed by atoms with E-state index in [9.17, 15) is 9.59 Å². The molecule has 1 aromatic heterocycles. The van der Waals surface area contributed by atoms with Gasteiger partial charge in [0.15, 0.2) is 0 Å². The molecule has 0 spiro atoms. The second-order valence-electron chi connectivity index (χ2n) is 6.43. The zero-order valence-corrected chi connectivity index (χ0v) is 16.1. The standard InChI is InChI=1S/C22H21ClN2O3/c1-15(20-12-7-13-28-20)24-21(26)14-19(16-8-3-2-4-9-16)25-22(27)17-10-5-6-11-18(17)23/h2-13,15,19H,14H2,1H3,(H,24,26)(H,25,27). The van der Waals surface area contributed by atoms with Gasteiger partial charge in [-0.3, -0.25) is 9.59 Å². The lowest BCUT2D eigenvalue weighted by Gasteiger charge is -2.20. The van der Waals surface area contributed by atoms with E-state index in [1.54, 1.807) is 42.7 Å². The molecule has 0 aliphatic heterocycles. The van der Waals surface area contributed by atoms with E-state index in [-0.39, 0.29) is 24.3 Å². The molecule has 3 rings (SSSR count). The number of nitrogens with one attached hydrogen (secondary N) is 2. The molecule has 0 aliphatic carbocycles. The molecule has 0 saturated carbocycles. The normalized spacial score (nSPS) is 12.8. The molecule has 3 aromatic rings. The fourth-order valence-corrected chi connectivity index (χ4v) is 3.14. The van der Waals surface area contributed by atoms with Gasteiger partial charge in [-0.1, -0.05) is 54.1 Å². The molecule has 0 fully saturated rings. The Kier molecular flexibility index (Phi) is 6.50. The first kappa shape index (κ1) is 19.7. The lowest BCUT2D eigenvalue weighted by atomic mass is 10.0. The third-order valence-electron chi connectivity index (χ3n) is 4.36. The van der Waals surface area contributed by atoms with Crippen LogP contribution in [-0.2, 0) is 4.79 Å². The van der Waals surface area contributed by atoms with Crippen LogP contribution in [0.2, 0.25) is 5.02 Å². The number of hydrogen-bond acceptors (Lipinski definition) is 3. The van der Waals surface area contributed by atoms with Crippen molar-refractivity contribution in [2.45, 2.75) is 25.4 Å². The van der Waals surface area contributed by atoms with Gasteiger partial charge < -0.3 is 15.1 Å². The van der Waals surface area contributed by atoms with Gasteiger partial charge in [-0.05, 0) is 36.8 Å². The topological polar surface area (TPSA) is 71.3 Å². The Labute approximate surface area is 168 Å². The van der Waals surface area contributed by atoms with Crippen LogP contribution in [0.4, 0.5) is 0 Å². The Balaban J connectivity index is 1.73. The van der Waals surface area contributed by atoms with Crippen molar-refractivity contribution in [3.8, 4) is 0 Å². The zero-order chi connectivity index (χ0) is 19.9. The van der Waals surface area contributed by atoms with Crippen molar-refractivity contribution in [2.75, 3.05) is 0 Å². The summed E-state index contributed by atoms with van der Waals surface area (Å²) >= 11 is 6.13. The third kappa shape index (κ3) is 5.02. The van der Waals surface area contributed by atoms with Crippen LogP contribution in [0.3, 0.4) is 0 Å². The van der Waals surface area contributed by atoms with Crippen LogP contribution in [0, 0.1) is 0 Å². The summed E-state index contributed by atoms with van der Waals surface area (Å²) in [6.07, 6.45) is 1.65. The van der Waals surface area contributed by atoms with Crippen molar-refractivity contribution in [1.29, 1.82) is 0 Å². The number of benzene rings is 2. The quantitative estimate of drug-likeness (QED) is 0.609. The van der Waals surface area contributed by atoms with Crippen LogP contribution in [0.5, 0.6) is 0 Å². The molecule has 2 N–H and O–H groups in total. The van der Waals surface area contributed by atoms with Gasteiger partial charge in [-0.15, -0.1) is 0 Å². The molecule has 1 heterocycles. The highest BCUT2D eigenvalue weighted by Gasteiger charge is 2.21. The van der Waals surface area contributed by atoms with Gasteiger partial charge in [0.25, 0.3) is 5.91 Å². The van der Waals surface area contributed by atoms with Crippen LogP contribution in [0.25, 0.3) is 0 Å². The van der Waals surface area contributed by atoms with Gasteiger partial charge in [0.1, 0.15) is 5.76 Å². The molecule has 6 heteroatoms. The summed E-state index contributed by atoms with van der Waals surface area (Å²) in [4.78, 5) is 25.3. The van der Waals surface area contributed by atoms with E-state index in [0.29, 0.717) is 16.3 Å². The molecule has 0 radical (unpaired) electrons. The minimum absolute atomic E-state index is 0.0885. The molecule has 28 heavy (non-hydrogen) atoms. The highest BCUT2D eigenvalue weighted by molar-refractivity contribution is 6.33. The predicted molar refractivity (Wildman–Crippen MR) is 108 cm³/mol. The van der Waals surface area contributed by atoms with Gasteiger partial charge in [-0.2, -0.15) is 0 Å². The van der Waals surface area contributed by atoms with Crippen molar-refractivity contribution < 1.29 is 14.0 Å². The molecule has 2 atom stereocenters. The Bertz CT molecular complexity index is 926. The maximum Gasteiger partial charge on any atom is 0.253 e. The molecule has 0 aliphatic rings. The Morgan fingerprint density at radius 1 is 0.964 bits per heavy atom. The molecule has 2 amide bonds. The fourth-order valence-electron chi connectivity index (χ4n) is 2.91. The fraction of sp³-hybridized carbons (Fsp3) is 0.182. The number of furan rings is 1. The molecule has 2 aromatic carbocycles. The van der Waals surface area contributed by atoms with E-state index in [4.69, 9.17) is 16.0 Å². The van der Waals surface area contributed by atoms with Crippen molar-refractivity contribution in [3.63, 3.8) is 0 Å². The molecule has 0 bridgehead atoms. The van der Waals surface area contributed by atoms with Crippen molar-refractivity contribution >= 4 is 23.4 Å². The van der Waals surface area contributed by atoms with E-state index >= 15 is 0 Å². The van der Waals surface area contributed by atoms with Crippen molar-refractivity contribution in [2.24, 2.45) is 0 Å². The Morgan fingerprint density at radius 3 is 2.36 bits per heavy atom. The van der Waals surface area contributed by atoms with Gasteiger partial charge in [0.05, 0.1) is 35.4 Å². The lowest BCUT2D eigenvalue weighted by Crippen LogP contribution is -2.34. The van der Waals surface area contributed by atoms with Gasteiger partial charge >= 0.3 is 0 Å². The average molecular weight is 397 g/mol. The molecule has 2 unspecified atom stereocenters. The monoisotopic (exact) mass is 396 g/mol. The first-order valence-electron chi connectivity index (χ1n) is 8.97. The molecule has 5 nitrogen and oxygen atoms in total. The van der Waals surface area contributed by atoms with Gasteiger partial charge in [-0.25, -0.2) is 0 Å². The largest absolute Gasteiger partial charge is 0.467 e. The maximum absolute atomic E-state index is 12.7. The van der Waals surface area contributed by atoms with Gasteiger partial charge in [0, 0.05) is 0 Å². The number of carbonyl (C=O) groups is 2.